The van der Waals surface area contributed by atoms with Gasteiger partial charge in [-0.3, -0.25) is 4.72 Å². The van der Waals surface area contributed by atoms with Crippen LogP contribution in [0.4, 0.5) is 5.69 Å². The topological polar surface area (TPSA) is 58.2 Å². The monoisotopic (exact) mass is 254 g/mol. The van der Waals surface area contributed by atoms with E-state index in [0.29, 0.717) is 5.69 Å². The highest BCUT2D eigenvalue weighted by molar-refractivity contribution is 7.92. The summed E-state index contributed by atoms with van der Waals surface area (Å²) >= 11 is 0. The molecule has 1 unspecified atom stereocenters. The quantitative estimate of drug-likeness (QED) is 0.862. The van der Waals surface area contributed by atoms with Crippen LogP contribution >= 0.6 is 0 Å². The molecule has 4 nitrogen and oxygen atoms in total. The molecular formula is C12H18N2O2S. The van der Waals surface area contributed by atoms with Gasteiger partial charge in [-0.2, -0.15) is 0 Å². The largest absolute Gasteiger partial charge is 0.308 e. The second kappa shape index (κ2) is 4.31. The van der Waals surface area contributed by atoms with Crippen molar-refractivity contribution >= 4 is 15.7 Å². The first kappa shape index (κ1) is 12.4. The van der Waals surface area contributed by atoms with E-state index in [0.717, 1.165) is 19.2 Å². The third-order valence-corrected chi connectivity index (χ3v) is 3.80. The predicted molar refractivity (Wildman–Crippen MR) is 69.5 cm³/mol. The zero-order chi connectivity index (χ0) is 12.5. The van der Waals surface area contributed by atoms with Crippen molar-refractivity contribution in [1.82, 2.24) is 5.32 Å². The molecule has 0 saturated carbocycles. The van der Waals surface area contributed by atoms with Crippen LogP contribution in [-0.2, 0) is 15.6 Å². The van der Waals surface area contributed by atoms with Crippen LogP contribution in [0, 0.1) is 0 Å². The van der Waals surface area contributed by atoms with Crippen molar-refractivity contribution in [2.45, 2.75) is 25.3 Å². The molecule has 2 N–H and O–H groups in total. The van der Waals surface area contributed by atoms with Gasteiger partial charge >= 0.3 is 0 Å². The number of hydrogen-bond donors (Lipinski definition) is 2. The van der Waals surface area contributed by atoms with Gasteiger partial charge in [0.25, 0.3) is 0 Å². The number of benzene rings is 1. The number of hydrogen-bond acceptors (Lipinski definition) is 3. The normalized spacial score (nSPS) is 24.8. The van der Waals surface area contributed by atoms with E-state index in [-0.39, 0.29) is 5.54 Å². The first-order valence-electron chi connectivity index (χ1n) is 5.72. The molecule has 1 aliphatic heterocycles. The van der Waals surface area contributed by atoms with Gasteiger partial charge in [0.05, 0.1) is 6.26 Å². The Morgan fingerprint density at radius 3 is 2.41 bits per heavy atom. The van der Waals surface area contributed by atoms with E-state index in [9.17, 15) is 8.42 Å². The van der Waals surface area contributed by atoms with E-state index >= 15 is 0 Å². The fourth-order valence-corrected chi connectivity index (χ4v) is 2.83. The van der Waals surface area contributed by atoms with Gasteiger partial charge in [-0.25, -0.2) is 8.42 Å². The van der Waals surface area contributed by atoms with Gasteiger partial charge in [-0.15, -0.1) is 0 Å². The SMILES string of the molecule is CC1(c2ccc(NS(C)(=O)=O)cc2)CCCN1. The highest BCUT2D eigenvalue weighted by Gasteiger charge is 2.29. The fourth-order valence-electron chi connectivity index (χ4n) is 2.26. The van der Waals surface area contributed by atoms with Gasteiger partial charge in [0.2, 0.25) is 10.0 Å². The summed E-state index contributed by atoms with van der Waals surface area (Å²) in [5.74, 6) is 0. The molecule has 1 saturated heterocycles. The summed E-state index contributed by atoms with van der Waals surface area (Å²) in [6.07, 6.45) is 3.45. The van der Waals surface area contributed by atoms with E-state index in [1.807, 2.05) is 24.3 Å². The molecule has 17 heavy (non-hydrogen) atoms. The molecule has 5 heteroatoms. The maximum atomic E-state index is 11.1. The lowest BCUT2D eigenvalue weighted by molar-refractivity contribution is 0.435. The van der Waals surface area contributed by atoms with E-state index in [1.54, 1.807) is 0 Å². The van der Waals surface area contributed by atoms with Crippen molar-refractivity contribution < 1.29 is 8.42 Å². The van der Waals surface area contributed by atoms with Gasteiger partial charge in [0, 0.05) is 11.2 Å². The molecule has 0 aromatic heterocycles. The summed E-state index contributed by atoms with van der Waals surface area (Å²) in [7, 11) is -3.19. The van der Waals surface area contributed by atoms with Gasteiger partial charge in [0.15, 0.2) is 0 Å². The molecule has 0 spiro atoms. The lowest BCUT2D eigenvalue weighted by Gasteiger charge is -2.25. The molecule has 94 valence electrons. The van der Waals surface area contributed by atoms with Crippen LogP contribution in [0.2, 0.25) is 0 Å². The highest BCUT2D eigenvalue weighted by Crippen LogP contribution is 2.30. The zero-order valence-corrected chi connectivity index (χ0v) is 11.0. The molecule has 0 aliphatic carbocycles. The molecule has 1 aliphatic rings. The van der Waals surface area contributed by atoms with Gasteiger partial charge in [0.1, 0.15) is 0 Å². The Hall–Kier alpha value is -1.07. The molecule has 0 radical (unpaired) electrons. The summed E-state index contributed by atoms with van der Waals surface area (Å²) in [6, 6.07) is 7.57. The third kappa shape index (κ3) is 2.98. The minimum atomic E-state index is -3.19. The van der Waals surface area contributed by atoms with Crippen molar-refractivity contribution in [1.29, 1.82) is 0 Å². The second-order valence-electron chi connectivity index (χ2n) is 4.81. The molecule has 0 amide bonds. The Bertz CT molecular complexity index is 488. The molecule has 0 bridgehead atoms. The Morgan fingerprint density at radius 1 is 1.29 bits per heavy atom. The maximum absolute atomic E-state index is 11.1. The maximum Gasteiger partial charge on any atom is 0.229 e. The van der Waals surface area contributed by atoms with Crippen molar-refractivity contribution in [2.24, 2.45) is 0 Å². The van der Waals surface area contributed by atoms with Crippen molar-refractivity contribution in [3.05, 3.63) is 29.8 Å². The Balaban J connectivity index is 2.18. The molecule has 1 aromatic carbocycles. The first-order valence-corrected chi connectivity index (χ1v) is 7.62. The smallest absolute Gasteiger partial charge is 0.229 e. The van der Waals surface area contributed by atoms with Crippen LogP contribution in [-0.4, -0.2) is 21.2 Å². The minimum Gasteiger partial charge on any atom is -0.308 e. The van der Waals surface area contributed by atoms with Crippen LogP contribution in [0.5, 0.6) is 0 Å². The minimum absolute atomic E-state index is 0.0314. The summed E-state index contributed by atoms with van der Waals surface area (Å²) in [5, 5.41) is 3.48. The highest BCUT2D eigenvalue weighted by atomic mass is 32.2. The van der Waals surface area contributed by atoms with Crippen molar-refractivity contribution in [3.8, 4) is 0 Å². The molecule has 1 heterocycles. The Kier molecular flexibility index (Phi) is 3.14. The van der Waals surface area contributed by atoms with Crippen LogP contribution in [0.15, 0.2) is 24.3 Å². The van der Waals surface area contributed by atoms with E-state index in [4.69, 9.17) is 0 Å². The van der Waals surface area contributed by atoms with E-state index in [1.165, 1.54) is 12.0 Å². The molecular weight excluding hydrogens is 236 g/mol. The average Bonchev–Trinajstić information content (AvgIpc) is 2.65. The molecule has 1 fully saturated rings. The zero-order valence-electron chi connectivity index (χ0n) is 10.2. The second-order valence-corrected chi connectivity index (χ2v) is 6.56. The van der Waals surface area contributed by atoms with Crippen LogP contribution in [0.3, 0.4) is 0 Å². The average molecular weight is 254 g/mol. The number of sulfonamides is 1. The predicted octanol–water partition coefficient (Wildman–Crippen LogP) is 1.66. The summed E-state index contributed by atoms with van der Waals surface area (Å²) in [5.41, 5.74) is 1.84. The summed E-state index contributed by atoms with van der Waals surface area (Å²) in [6.45, 7) is 3.22. The molecule has 1 aromatic rings. The number of rotatable bonds is 3. The fraction of sp³-hybridized carbons (Fsp3) is 0.500. The van der Waals surface area contributed by atoms with Gasteiger partial charge in [-0.1, -0.05) is 12.1 Å². The molecule has 2 rings (SSSR count). The third-order valence-electron chi connectivity index (χ3n) is 3.19. The lowest BCUT2D eigenvalue weighted by Crippen LogP contribution is -2.32. The number of nitrogens with one attached hydrogen (secondary N) is 2. The van der Waals surface area contributed by atoms with E-state index < -0.39 is 10.0 Å². The summed E-state index contributed by atoms with van der Waals surface area (Å²) in [4.78, 5) is 0. The molecule has 1 atom stereocenters. The van der Waals surface area contributed by atoms with Crippen molar-refractivity contribution in [3.63, 3.8) is 0 Å². The van der Waals surface area contributed by atoms with Crippen molar-refractivity contribution in [2.75, 3.05) is 17.5 Å². The number of anilines is 1. The van der Waals surface area contributed by atoms with Gasteiger partial charge in [-0.05, 0) is 44.0 Å². The van der Waals surface area contributed by atoms with E-state index in [2.05, 4.69) is 17.0 Å². The van der Waals surface area contributed by atoms with Gasteiger partial charge < -0.3 is 5.32 Å². The standard InChI is InChI=1S/C12H18N2O2S/c1-12(8-3-9-13-12)10-4-6-11(7-5-10)14-17(2,15)16/h4-7,13-14H,3,8-9H2,1-2H3. The van der Waals surface area contributed by atoms with Crippen LogP contribution < -0.4 is 10.0 Å². The Labute approximate surface area is 102 Å². The van der Waals surface area contributed by atoms with Crippen LogP contribution in [0.1, 0.15) is 25.3 Å². The Morgan fingerprint density at radius 2 is 1.94 bits per heavy atom. The van der Waals surface area contributed by atoms with Crippen LogP contribution in [0.25, 0.3) is 0 Å². The lowest BCUT2D eigenvalue weighted by atomic mass is 9.90. The summed E-state index contributed by atoms with van der Waals surface area (Å²) < 4.78 is 24.6. The first-order chi connectivity index (χ1) is 7.89.